The van der Waals surface area contributed by atoms with Gasteiger partial charge in [-0.25, -0.2) is 4.98 Å². The maximum Gasteiger partial charge on any atom is 0.273 e. The molecule has 0 saturated carbocycles. The van der Waals surface area contributed by atoms with Gasteiger partial charge in [0.15, 0.2) is 5.13 Å². The van der Waals surface area contributed by atoms with Gasteiger partial charge in [0.1, 0.15) is 5.69 Å². The summed E-state index contributed by atoms with van der Waals surface area (Å²) >= 11 is 1.45. The molecule has 0 aliphatic carbocycles. The summed E-state index contributed by atoms with van der Waals surface area (Å²) in [6.45, 7) is 10.4. The minimum Gasteiger partial charge on any atom is -0.362 e. The number of aromatic nitrogens is 1. The van der Waals surface area contributed by atoms with Gasteiger partial charge in [-0.15, -0.1) is 11.3 Å². The summed E-state index contributed by atoms with van der Waals surface area (Å²) in [5.74, 6) is -0.0101. The van der Waals surface area contributed by atoms with E-state index in [9.17, 15) is 9.59 Å². The van der Waals surface area contributed by atoms with Gasteiger partial charge in [0.25, 0.3) is 5.91 Å². The van der Waals surface area contributed by atoms with E-state index in [0.717, 1.165) is 62.8 Å². The van der Waals surface area contributed by atoms with Crippen molar-refractivity contribution in [2.24, 2.45) is 0 Å². The van der Waals surface area contributed by atoms with Crippen LogP contribution in [-0.4, -0.2) is 77.3 Å². The van der Waals surface area contributed by atoms with E-state index in [0.29, 0.717) is 25.2 Å². The Morgan fingerprint density at radius 1 is 1.12 bits per heavy atom. The third-order valence-corrected chi connectivity index (χ3v) is 6.60. The van der Waals surface area contributed by atoms with Gasteiger partial charge >= 0.3 is 0 Å². The predicted molar refractivity (Wildman–Crippen MR) is 130 cm³/mol. The van der Waals surface area contributed by atoms with Crippen LogP contribution in [0.25, 0.3) is 0 Å². The first-order valence-corrected chi connectivity index (χ1v) is 12.5. The molecule has 2 amide bonds. The van der Waals surface area contributed by atoms with Gasteiger partial charge in [-0.3, -0.25) is 9.59 Å². The third-order valence-electron chi connectivity index (χ3n) is 5.80. The number of hydrogen-bond acceptors (Lipinski definition) is 6. The Kier molecular flexibility index (Phi) is 9.49. The fraction of sp³-hybridized carbons (Fsp3) is 0.542. The summed E-state index contributed by atoms with van der Waals surface area (Å²) < 4.78 is 0. The summed E-state index contributed by atoms with van der Waals surface area (Å²) in [4.78, 5) is 36.6. The number of thiazole rings is 1. The van der Waals surface area contributed by atoms with Crippen molar-refractivity contribution in [1.82, 2.24) is 19.7 Å². The number of benzene rings is 1. The predicted octanol–water partition coefficient (Wildman–Crippen LogP) is 3.55. The first-order valence-electron chi connectivity index (χ1n) is 11.6. The molecule has 174 valence electrons. The van der Waals surface area contributed by atoms with Crippen molar-refractivity contribution in [1.29, 1.82) is 0 Å². The summed E-state index contributed by atoms with van der Waals surface area (Å²) in [6.07, 6.45) is 2.50. The van der Waals surface area contributed by atoms with Crippen LogP contribution in [0.15, 0.2) is 35.7 Å². The van der Waals surface area contributed by atoms with E-state index in [2.05, 4.69) is 29.0 Å². The molecule has 3 rings (SSSR count). The normalized spacial score (nSPS) is 14.4. The second kappa shape index (κ2) is 12.6. The molecule has 1 aromatic carbocycles. The van der Waals surface area contributed by atoms with Crippen LogP contribution in [0.1, 0.15) is 49.2 Å². The highest BCUT2D eigenvalue weighted by molar-refractivity contribution is 7.13. The Balaban J connectivity index is 1.63. The van der Waals surface area contributed by atoms with E-state index < -0.39 is 0 Å². The third kappa shape index (κ3) is 7.03. The number of carbonyl (C=O) groups excluding carboxylic acids is 2. The lowest BCUT2D eigenvalue weighted by atomic mass is 10.2. The van der Waals surface area contributed by atoms with Crippen LogP contribution in [0, 0.1) is 0 Å². The largest absolute Gasteiger partial charge is 0.362 e. The zero-order chi connectivity index (χ0) is 22.8. The van der Waals surface area contributed by atoms with Crippen molar-refractivity contribution >= 4 is 28.3 Å². The average Bonchev–Trinajstić information content (AvgIpc) is 3.31. The van der Waals surface area contributed by atoms with E-state index in [1.54, 1.807) is 10.3 Å². The Bertz CT molecular complexity index is 849. The Labute approximate surface area is 195 Å². The van der Waals surface area contributed by atoms with Crippen LogP contribution in [0.3, 0.4) is 0 Å². The standard InChI is InChI=1S/C24H35N5O2S/c1-3-5-12-25-24-26-21(19-32-24)23(31)29(18-20-9-7-6-8-10-20)13-11-22(30)28-16-14-27(4-2)15-17-28/h6-10,19H,3-5,11-18H2,1-2H3,(H,25,26). The molecule has 0 radical (unpaired) electrons. The molecule has 1 saturated heterocycles. The van der Waals surface area contributed by atoms with Crippen LogP contribution in [0.4, 0.5) is 5.13 Å². The Morgan fingerprint density at radius 3 is 2.56 bits per heavy atom. The van der Waals surface area contributed by atoms with Gasteiger partial charge < -0.3 is 20.0 Å². The van der Waals surface area contributed by atoms with E-state index in [1.807, 2.05) is 35.2 Å². The molecule has 1 N–H and O–H groups in total. The minimum absolute atomic E-state index is 0.117. The van der Waals surface area contributed by atoms with Gasteiger partial charge in [0, 0.05) is 57.6 Å². The molecule has 8 heteroatoms. The van der Waals surface area contributed by atoms with E-state index in [4.69, 9.17) is 0 Å². The molecule has 0 bridgehead atoms. The highest BCUT2D eigenvalue weighted by Crippen LogP contribution is 2.18. The van der Waals surface area contributed by atoms with Crippen LogP contribution < -0.4 is 5.32 Å². The lowest BCUT2D eigenvalue weighted by Crippen LogP contribution is -2.49. The quantitative estimate of drug-likeness (QED) is 0.523. The summed E-state index contributed by atoms with van der Waals surface area (Å²) in [5.41, 5.74) is 1.48. The van der Waals surface area contributed by atoms with E-state index in [1.165, 1.54) is 11.3 Å². The first kappa shape index (κ1) is 24.2. The second-order valence-corrected chi connectivity index (χ2v) is 8.95. The van der Waals surface area contributed by atoms with E-state index >= 15 is 0 Å². The fourth-order valence-electron chi connectivity index (χ4n) is 3.75. The van der Waals surface area contributed by atoms with Gasteiger partial charge in [-0.05, 0) is 18.5 Å². The zero-order valence-corrected chi connectivity index (χ0v) is 20.1. The molecule has 7 nitrogen and oxygen atoms in total. The smallest absolute Gasteiger partial charge is 0.273 e. The maximum atomic E-state index is 13.3. The van der Waals surface area contributed by atoms with Gasteiger partial charge in [-0.1, -0.05) is 50.6 Å². The molecule has 2 aromatic rings. The molecule has 1 aliphatic heterocycles. The first-order chi connectivity index (χ1) is 15.6. The van der Waals surface area contributed by atoms with Crippen molar-refractivity contribution in [3.05, 3.63) is 47.0 Å². The van der Waals surface area contributed by atoms with Gasteiger partial charge in [0.2, 0.25) is 5.91 Å². The molecule has 1 fully saturated rings. The SMILES string of the molecule is CCCCNc1nc(C(=O)N(CCC(=O)N2CCN(CC)CC2)Cc2ccccc2)cs1. The highest BCUT2D eigenvalue weighted by Gasteiger charge is 2.23. The van der Waals surface area contributed by atoms with Gasteiger partial charge in [0.05, 0.1) is 0 Å². The molecule has 0 unspecified atom stereocenters. The Hall–Kier alpha value is -2.45. The van der Waals surface area contributed by atoms with Crippen LogP contribution in [0.2, 0.25) is 0 Å². The number of rotatable bonds is 11. The fourth-order valence-corrected chi connectivity index (χ4v) is 4.46. The number of nitrogens with one attached hydrogen (secondary N) is 1. The van der Waals surface area contributed by atoms with Crippen molar-refractivity contribution in [2.75, 3.05) is 51.1 Å². The second-order valence-electron chi connectivity index (χ2n) is 8.10. The molecule has 1 aromatic heterocycles. The molecule has 1 aliphatic rings. The minimum atomic E-state index is -0.128. The van der Waals surface area contributed by atoms with Crippen molar-refractivity contribution in [2.45, 2.75) is 39.7 Å². The maximum absolute atomic E-state index is 13.3. The molecule has 2 heterocycles. The van der Waals surface area contributed by atoms with Crippen molar-refractivity contribution in [3.8, 4) is 0 Å². The molecule has 0 atom stereocenters. The lowest BCUT2D eigenvalue weighted by molar-refractivity contribution is -0.133. The molecular formula is C24H35N5O2S. The number of carbonyl (C=O) groups is 2. The molecule has 0 spiro atoms. The van der Waals surface area contributed by atoms with Crippen molar-refractivity contribution < 1.29 is 9.59 Å². The highest BCUT2D eigenvalue weighted by atomic mass is 32.1. The number of piperazine rings is 1. The number of unbranched alkanes of at least 4 members (excludes halogenated alkanes) is 1. The topological polar surface area (TPSA) is 68.8 Å². The van der Waals surface area contributed by atoms with Crippen LogP contribution in [0.5, 0.6) is 0 Å². The summed E-state index contributed by atoms with van der Waals surface area (Å²) in [7, 11) is 0. The number of hydrogen-bond donors (Lipinski definition) is 1. The number of nitrogens with zero attached hydrogens (tertiary/aromatic N) is 4. The van der Waals surface area contributed by atoms with Crippen LogP contribution >= 0.6 is 11.3 Å². The monoisotopic (exact) mass is 457 g/mol. The van der Waals surface area contributed by atoms with Crippen molar-refractivity contribution in [3.63, 3.8) is 0 Å². The molecular weight excluding hydrogens is 422 g/mol. The van der Waals surface area contributed by atoms with Gasteiger partial charge in [-0.2, -0.15) is 0 Å². The average molecular weight is 458 g/mol. The summed E-state index contributed by atoms with van der Waals surface area (Å²) in [6, 6.07) is 9.91. The number of amides is 2. The number of anilines is 1. The van der Waals surface area contributed by atoms with Crippen LogP contribution in [-0.2, 0) is 11.3 Å². The number of likely N-dealkylation sites (N-methyl/N-ethyl adjacent to an activating group) is 1. The van der Waals surface area contributed by atoms with E-state index in [-0.39, 0.29) is 11.8 Å². The Morgan fingerprint density at radius 2 is 1.88 bits per heavy atom. The zero-order valence-electron chi connectivity index (χ0n) is 19.3. The summed E-state index contributed by atoms with van der Waals surface area (Å²) in [5, 5.41) is 5.86. The molecule has 32 heavy (non-hydrogen) atoms. The lowest BCUT2D eigenvalue weighted by Gasteiger charge is -2.34.